The molecule has 0 bridgehead atoms. The third kappa shape index (κ3) is 3.34. The second-order valence-electron chi connectivity index (χ2n) is 6.47. The van der Waals surface area contributed by atoms with Crippen molar-refractivity contribution in [1.82, 2.24) is 4.90 Å². The Morgan fingerprint density at radius 1 is 0.778 bits per heavy atom. The smallest absolute Gasteiger partial charge is 0.257 e. The predicted octanol–water partition coefficient (Wildman–Crippen LogP) is 6.43. The Hall–Kier alpha value is -2.00. The van der Waals surface area contributed by atoms with E-state index < -0.39 is 0 Å². The average molecular weight is 417 g/mol. The van der Waals surface area contributed by atoms with Crippen LogP contribution in [0.25, 0.3) is 0 Å². The average Bonchev–Trinajstić information content (AvgIpc) is 2.67. The van der Waals surface area contributed by atoms with Gasteiger partial charge in [0.25, 0.3) is 5.91 Å². The molecular weight excluding hydrogens is 401 g/mol. The molecule has 0 aliphatic carbocycles. The van der Waals surface area contributed by atoms with E-state index in [9.17, 15) is 4.79 Å². The highest BCUT2D eigenvalue weighted by atomic mass is 35.5. The molecule has 0 aromatic heterocycles. The number of halogens is 3. The Balaban J connectivity index is 1.87. The first kappa shape index (κ1) is 18.4. The van der Waals surface area contributed by atoms with Crippen LogP contribution in [-0.4, -0.2) is 17.4 Å². The van der Waals surface area contributed by atoms with Crippen molar-refractivity contribution in [2.24, 2.45) is 0 Å². The highest BCUT2D eigenvalue weighted by Gasteiger charge is 2.34. The summed E-state index contributed by atoms with van der Waals surface area (Å²) in [5, 5.41) is 1.33. The van der Waals surface area contributed by atoms with E-state index in [-0.39, 0.29) is 11.9 Å². The minimum atomic E-state index is -0.288. The SMILES string of the molecule is O=C(c1c(Cl)cccc1Cl)N1CCc2ccccc2C1c1ccccc1Cl. The van der Waals surface area contributed by atoms with E-state index in [0.29, 0.717) is 27.2 Å². The number of hydrogen-bond acceptors (Lipinski definition) is 1. The van der Waals surface area contributed by atoms with Crippen LogP contribution in [-0.2, 0) is 6.42 Å². The lowest BCUT2D eigenvalue weighted by Gasteiger charge is -2.38. The summed E-state index contributed by atoms with van der Waals surface area (Å²) in [7, 11) is 0. The Kier molecular flexibility index (Phi) is 5.14. The normalized spacial score (nSPS) is 16.1. The van der Waals surface area contributed by atoms with Crippen molar-refractivity contribution in [2.45, 2.75) is 12.5 Å². The summed E-state index contributed by atoms with van der Waals surface area (Å²) < 4.78 is 0. The number of rotatable bonds is 2. The standard InChI is InChI=1S/C22H16Cl3NO/c23-17-9-4-3-8-16(17)21-15-7-2-1-6-14(15)12-13-26(21)22(27)20-18(24)10-5-11-19(20)25/h1-11,21H,12-13H2. The number of benzene rings is 3. The van der Waals surface area contributed by atoms with Crippen LogP contribution in [0.15, 0.2) is 66.7 Å². The van der Waals surface area contributed by atoms with Crippen LogP contribution >= 0.6 is 34.8 Å². The van der Waals surface area contributed by atoms with Crippen LogP contribution in [0, 0.1) is 0 Å². The zero-order valence-electron chi connectivity index (χ0n) is 14.3. The monoisotopic (exact) mass is 415 g/mol. The fourth-order valence-corrected chi connectivity index (χ4v) is 4.46. The molecule has 0 radical (unpaired) electrons. The molecule has 1 amide bonds. The Morgan fingerprint density at radius 3 is 2.07 bits per heavy atom. The summed E-state index contributed by atoms with van der Waals surface area (Å²) in [6, 6.07) is 20.6. The second kappa shape index (κ2) is 7.55. The molecule has 136 valence electrons. The Bertz CT molecular complexity index is 998. The van der Waals surface area contributed by atoms with Gasteiger partial charge in [0.1, 0.15) is 0 Å². The number of nitrogens with zero attached hydrogens (tertiary/aromatic N) is 1. The van der Waals surface area contributed by atoms with E-state index in [1.54, 1.807) is 18.2 Å². The topological polar surface area (TPSA) is 20.3 Å². The molecule has 0 saturated carbocycles. The minimum Gasteiger partial charge on any atom is -0.327 e. The summed E-state index contributed by atoms with van der Waals surface area (Å²) in [6.07, 6.45) is 0.769. The van der Waals surface area contributed by atoms with E-state index in [2.05, 4.69) is 12.1 Å². The maximum absolute atomic E-state index is 13.5. The largest absolute Gasteiger partial charge is 0.327 e. The molecule has 3 aromatic rings. The number of fused-ring (bicyclic) bond motifs is 1. The van der Waals surface area contributed by atoms with Crippen LogP contribution in [0.5, 0.6) is 0 Å². The summed E-state index contributed by atoms with van der Waals surface area (Å²) >= 11 is 19.1. The Morgan fingerprint density at radius 2 is 1.37 bits per heavy atom. The molecule has 3 aromatic carbocycles. The van der Waals surface area contributed by atoms with Crippen molar-refractivity contribution in [2.75, 3.05) is 6.54 Å². The number of carbonyl (C=O) groups excluding carboxylic acids is 1. The highest BCUT2D eigenvalue weighted by Crippen LogP contribution is 2.40. The van der Waals surface area contributed by atoms with Crippen LogP contribution in [0.1, 0.15) is 33.1 Å². The van der Waals surface area contributed by atoms with Crippen molar-refractivity contribution < 1.29 is 4.79 Å². The summed E-state index contributed by atoms with van der Waals surface area (Å²) in [5.74, 6) is -0.190. The first-order chi connectivity index (χ1) is 13.1. The van der Waals surface area contributed by atoms with E-state index in [0.717, 1.165) is 17.5 Å². The van der Waals surface area contributed by atoms with Crippen molar-refractivity contribution >= 4 is 40.7 Å². The molecule has 1 atom stereocenters. The fraction of sp³-hybridized carbons (Fsp3) is 0.136. The van der Waals surface area contributed by atoms with Gasteiger partial charge in [-0.25, -0.2) is 0 Å². The van der Waals surface area contributed by atoms with Crippen molar-refractivity contribution in [3.8, 4) is 0 Å². The first-order valence-electron chi connectivity index (χ1n) is 8.65. The summed E-state index contributed by atoms with van der Waals surface area (Å²) in [4.78, 5) is 15.3. The maximum Gasteiger partial charge on any atom is 0.257 e. The van der Waals surface area contributed by atoms with Gasteiger partial charge in [-0.1, -0.05) is 83.3 Å². The van der Waals surface area contributed by atoms with Gasteiger partial charge in [-0.3, -0.25) is 4.79 Å². The summed E-state index contributed by atoms with van der Waals surface area (Å²) in [6.45, 7) is 0.563. The molecule has 0 fully saturated rings. The molecule has 5 heteroatoms. The molecule has 0 saturated heterocycles. The van der Waals surface area contributed by atoms with Crippen LogP contribution in [0.3, 0.4) is 0 Å². The molecular formula is C22H16Cl3NO. The molecule has 4 rings (SSSR count). The lowest BCUT2D eigenvalue weighted by Crippen LogP contribution is -2.41. The van der Waals surface area contributed by atoms with E-state index in [1.165, 1.54) is 5.56 Å². The summed E-state index contributed by atoms with van der Waals surface area (Å²) in [5.41, 5.74) is 3.52. The van der Waals surface area contributed by atoms with Gasteiger partial charge in [0, 0.05) is 11.6 Å². The molecule has 0 N–H and O–H groups in total. The van der Waals surface area contributed by atoms with Gasteiger partial charge >= 0.3 is 0 Å². The maximum atomic E-state index is 13.5. The zero-order valence-corrected chi connectivity index (χ0v) is 16.6. The molecule has 0 spiro atoms. The van der Waals surface area contributed by atoms with E-state index in [4.69, 9.17) is 34.8 Å². The highest BCUT2D eigenvalue weighted by molar-refractivity contribution is 6.39. The Labute approximate surface area is 173 Å². The molecule has 1 aliphatic rings. The second-order valence-corrected chi connectivity index (χ2v) is 7.69. The van der Waals surface area contributed by atoms with Crippen molar-refractivity contribution in [1.29, 1.82) is 0 Å². The van der Waals surface area contributed by atoms with Gasteiger partial charge in [0.15, 0.2) is 0 Å². The van der Waals surface area contributed by atoms with Crippen LogP contribution < -0.4 is 0 Å². The van der Waals surface area contributed by atoms with Crippen LogP contribution in [0.4, 0.5) is 0 Å². The molecule has 1 unspecified atom stereocenters. The lowest BCUT2D eigenvalue weighted by atomic mass is 9.87. The first-order valence-corrected chi connectivity index (χ1v) is 9.78. The quantitative estimate of drug-likeness (QED) is 0.471. The lowest BCUT2D eigenvalue weighted by molar-refractivity contribution is 0.0695. The molecule has 1 heterocycles. The van der Waals surface area contributed by atoms with E-state index >= 15 is 0 Å². The number of carbonyl (C=O) groups is 1. The molecule has 27 heavy (non-hydrogen) atoms. The van der Waals surface area contributed by atoms with Gasteiger partial charge in [-0.15, -0.1) is 0 Å². The van der Waals surface area contributed by atoms with Gasteiger partial charge in [-0.2, -0.15) is 0 Å². The van der Waals surface area contributed by atoms with Crippen LogP contribution in [0.2, 0.25) is 15.1 Å². The molecule has 1 aliphatic heterocycles. The van der Waals surface area contributed by atoms with Gasteiger partial charge in [0.05, 0.1) is 21.7 Å². The van der Waals surface area contributed by atoms with Gasteiger partial charge in [0.2, 0.25) is 0 Å². The number of amides is 1. The molecule has 2 nitrogen and oxygen atoms in total. The van der Waals surface area contributed by atoms with Gasteiger partial charge < -0.3 is 4.90 Å². The van der Waals surface area contributed by atoms with Crippen molar-refractivity contribution in [3.05, 3.63) is 104 Å². The van der Waals surface area contributed by atoms with E-state index in [1.807, 2.05) is 41.3 Å². The van der Waals surface area contributed by atoms with Crippen molar-refractivity contribution in [3.63, 3.8) is 0 Å². The third-order valence-corrected chi connectivity index (χ3v) is 5.89. The van der Waals surface area contributed by atoms with Gasteiger partial charge in [-0.05, 0) is 41.3 Å². The zero-order chi connectivity index (χ0) is 19.0. The predicted molar refractivity (Wildman–Crippen MR) is 111 cm³/mol. The minimum absolute atomic E-state index is 0.190. The third-order valence-electron chi connectivity index (χ3n) is 4.92. The number of hydrogen-bond donors (Lipinski definition) is 0. The fourth-order valence-electron chi connectivity index (χ4n) is 3.66.